The Kier molecular flexibility index (Phi) is 4.07. The van der Waals surface area contributed by atoms with Gasteiger partial charge in [0.2, 0.25) is 0 Å². The van der Waals surface area contributed by atoms with Gasteiger partial charge >= 0.3 is 0 Å². The molecule has 19 heavy (non-hydrogen) atoms. The molecule has 0 spiro atoms. The highest BCUT2D eigenvalue weighted by molar-refractivity contribution is 6.32. The maximum atomic E-state index is 9.64. The molecule has 0 bridgehead atoms. The van der Waals surface area contributed by atoms with Crippen LogP contribution in [-0.2, 0) is 0 Å². The molecule has 0 fully saturated rings. The quantitative estimate of drug-likeness (QED) is 0.857. The molecule has 0 heterocycles. The van der Waals surface area contributed by atoms with Crippen LogP contribution >= 0.6 is 11.6 Å². The Morgan fingerprint density at radius 2 is 1.89 bits per heavy atom. The lowest BCUT2D eigenvalue weighted by Gasteiger charge is -2.05. The molecule has 0 atom stereocenters. The first-order chi connectivity index (χ1) is 9.10. The maximum Gasteiger partial charge on any atom is 0.176 e. The summed E-state index contributed by atoms with van der Waals surface area (Å²) in [5, 5.41) is 9.88. The van der Waals surface area contributed by atoms with Crippen LogP contribution in [0.25, 0.3) is 0 Å². The largest absolute Gasteiger partial charge is 0.503 e. The van der Waals surface area contributed by atoms with Crippen LogP contribution in [0.2, 0.25) is 5.02 Å². The molecule has 0 aliphatic heterocycles. The number of halogens is 1. The van der Waals surface area contributed by atoms with Crippen molar-refractivity contribution in [2.24, 2.45) is 4.99 Å². The SMILES string of the molecule is COc1cc(C=Nc2ccc(C)cc2)cc(Cl)c1O. The second-order valence-corrected chi connectivity index (χ2v) is 4.55. The summed E-state index contributed by atoms with van der Waals surface area (Å²) in [4.78, 5) is 4.34. The van der Waals surface area contributed by atoms with Crippen LogP contribution in [-0.4, -0.2) is 18.4 Å². The molecule has 2 rings (SSSR count). The molecule has 0 amide bonds. The molecular weight excluding hydrogens is 262 g/mol. The highest BCUT2D eigenvalue weighted by atomic mass is 35.5. The van der Waals surface area contributed by atoms with E-state index in [1.54, 1.807) is 18.3 Å². The fourth-order valence-corrected chi connectivity index (χ4v) is 1.82. The summed E-state index contributed by atoms with van der Waals surface area (Å²) < 4.78 is 5.04. The van der Waals surface area contributed by atoms with Crippen LogP contribution in [0.15, 0.2) is 41.4 Å². The molecule has 3 nitrogen and oxygen atoms in total. The highest BCUT2D eigenvalue weighted by Gasteiger charge is 2.07. The van der Waals surface area contributed by atoms with Crippen molar-refractivity contribution in [3.05, 3.63) is 52.5 Å². The number of hydrogen-bond donors (Lipinski definition) is 1. The number of rotatable bonds is 3. The van der Waals surface area contributed by atoms with Gasteiger partial charge in [-0.1, -0.05) is 29.3 Å². The van der Waals surface area contributed by atoms with Gasteiger partial charge in [-0.2, -0.15) is 0 Å². The van der Waals surface area contributed by atoms with Gasteiger partial charge in [-0.3, -0.25) is 4.99 Å². The molecule has 0 aliphatic rings. The van der Waals surface area contributed by atoms with Gasteiger partial charge in [0.05, 0.1) is 17.8 Å². The Balaban J connectivity index is 2.28. The number of nitrogens with zero attached hydrogens (tertiary/aromatic N) is 1. The number of methoxy groups -OCH3 is 1. The first-order valence-electron chi connectivity index (χ1n) is 5.77. The van der Waals surface area contributed by atoms with Crippen LogP contribution in [0.1, 0.15) is 11.1 Å². The molecule has 0 radical (unpaired) electrons. The summed E-state index contributed by atoms with van der Waals surface area (Å²) >= 11 is 5.91. The van der Waals surface area contributed by atoms with Crippen LogP contribution in [0.5, 0.6) is 11.5 Å². The van der Waals surface area contributed by atoms with E-state index in [0.29, 0.717) is 5.75 Å². The summed E-state index contributed by atoms with van der Waals surface area (Å²) in [6.45, 7) is 2.03. The van der Waals surface area contributed by atoms with E-state index in [1.807, 2.05) is 31.2 Å². The van der Waals surface area contributed by atoms with Crippen LogP contribution < -0.4 is 4.74 Å². The van der Waals surface area contributed by atoms with E-state index in [-0.39, 0.29) is 10.8 Å². The van der Waals surface area contributed by atoms with Crippen molar-refractivity contribution in [1.82, 2.24) is 0 Å². The van der Waals surface area contributed by atoms with Crippen molar-refractivity contribution in [2.75, 3.05) is 7.11 Å². The topological polar surface area (TPSA) is 41.8 Å². The number of aryl methyl sites for hydroxylation is 1. The Morgan fingerprint density at radius 3 is 2.53 bits per heavy atom. The normalized spacial score (nSPS) is 10.9. The smallest absolute Gasteiger partial charge is 0.176 e. The summed E-state index contributed by atoms with van der Waals surface area (Å²) in [5.41, 5.74) is 2.81. The second kappa shape index (κ2) is 5.76. The minimum absolute atomic E-state index is 0.0587. The van der Waals surface area contributed by atoms with Gasteiger partial charge in [-0.15, -0.1) is 0 Å². The van der Waals surface area contributed by atoms with Crippen LogP contribution in [0, 0.1) is 6.92 Å². The molecule has 0 aromatic heterocycles. The van der Waals surface area contributed by atoms with Gasteiger partial charge in [0.25, 0.3) is 0 Å². The molecule has 0 aliphatic carbocycles. The molecular formula is C15H14ClNO2. The van der Waals surface area contributed by atoms with E-state index >= 15 is 0 Å². The zero-order valence-corrected chi connectivity index (χ0v) is 11.5. The fraction of sp³-hybridized carbons (Fsp3) is 0.133. The number of phenolic OH excluding ortho intramolecular Hbond substituents is 1. The highest BCUT2D eigenvalue weighted by Crippen LogP contribution is 2.34. The third-order valence-electron chi connectivity index (χ3n) is 2.67. The van der Waals surface area contributed by atoms with E-state index in [0.717, 1.165) is 11.3 Å². The van der Waals surface area contributed by atoms with Crippen LogP contribution in [0.3, 0.4) is 0 Å². The Morgan fingerprint density at radius 1 is 1.21 bits per heavy atom. The summed E-state index contributed by atoms with van der Waals surface area (Å²) in [7, 11) is 1.48. The zero-order chi connectivity index (χ0) is 13.8. The molecule has 1 N–H and O–H groups in total. The second-order valence-electron chi connectivity index (χ2n) is 4.15. The minimum atomic E-state index is -0.0587. The minimum Gasteiger partial charge on any atom is -0.503 e. The lowest BCUT2D eigenvalue weighted by Crippen LogP contribution is -1.88. The number of hydrogen-bond acceptors (Lipinski definition) is 3. The van der Waals surface area contributed by atoms with Gasteiger partial charge < -0.3 is 9.84 Å². The first kappa shape index (κ1) is 13.4. The van der Waals surface area contributed by atoms with Gasteiger partial charge in [0.1, 0.15) is 0 Å². The van der Waals surface area contributed by atoms with Crippen LogP contribution in [0.4, 0.5) is 5.69 Å². The van der Waals surface area contributed by atoms with Gasteiger partial charge in [0.15, 0.2) is 11.5 Å². The molecule has 2 aromatic rings. The number of aliphatic imine (C=N–C) groups is 1. The summed E-state index contributed by atoms with van der Waals surface area (Å²) in [5.74, 6) is 0.273. The molecule has 2 aromatic carbocycles. The van der Waals surface area contributed by atoms with E-state index < -0.39 is 0 Å². The first-order valence-corrected chi connectivity index (χ1v) is 6.15. The van der Waals surface area contributed by atoms with E-state index in [2.05, 4.69) is 4.99 Å². The summed E-state index contributed by atoms with van der Waals surface area (Å²) in [6.07, 6.45) is 1.68. The number of benzene rings is 2. The molecule has 0 saturated carbocycles. The Bertz CT molecular complexity index is 606. The van der Waals surface area contributed by atoms with Crippen molar-refractivity contribution in [2.45, 2.75) is 6.92 Å². The molecule has 0 unspecified atom stereocenters. The third kappa shape index (κ3) is 3.26. The monoisotopic (exact) mass is 275 g/mol. The third-order valence-corrected chi connectivity index (χ3v) is 2.96. The van der Waals surface area contributed by atoms with Crippen molar-refractivity contribution in [3.8, 4) is 11.5 Å². The van der Waals surface area contributed by atoms with E-state index in [1.165, 1.54) is 12.7 Å². The van der Waals surface area contributed by atoms with Crippen molar-refractivity contribution in [3.63, 3.8) is 0 Å². The van der Waals surface area contributed by atoms with E-state index in [4.69, 9.17) is 16.3 Å². The van der Waals surface area contributed by atoms with Gasteiger partial charge in [0, 0.05) is 6.21 Å². The molecule has 4 heteroatoms. The maximum absolute atomic E-state index is 9.64. The standard InChI is InChI=1S/C15H14ClNO2/c1-10-3-5-12(6-4-10)17-9-11-7-13(16)15(18)14(8-11)19-2/h3-9,18H,1-2H3. The van der Waals surface area contributed by atoms with Crippen molar-refractivity contribution >= 4 is 23.5 Å². The summed E-state index contributed by atoms with van der Waals surface area (Å²) in [6, 6.07) is 11.2. The lowest BCUT2D eigenvalue weighted by molar-refractivity contribution is 0.373. The van der Waals surface area contributed by atoms with Crippen molar-refractivity contribution in [1.29, 1.82) is 0 Å². The predicted molar refractivity (Wildman–Crippen MR) is 78.1 cm³/mol. The zero-order valence-electron chi connectivity index (χ0n) is 10.7. The molecule has 98 valence electrons. The lowest BCUT2D eigenvalue weighted by atomic mass is 10.2. The predicted octanol–water partition coefficient (Wildman–Crippen LogP) is 4.11. The number of ether oxygens (including phenoxy) is 1. The Hall–Kier alpha value is -2.00. The number of phenols is 1. The van der Waals surface area contributed by atoms with E-state index in [9.17, 15) is 5.11 Å². The van der Waals surface area contributed by atoms with Gasteiger partial charge in [-0.05, 0) is 36.8 Å². The average Bonchev–Trinajstić information content (AvgIpc) is 2.41. The number of aromatic hydroxyl groups is 1. The van der Waals surface area contributed by atoms with Gasteiger partial charge in [-0.25, -0.2) is 0 Å². The van der Waals surface area contributed by atoms with Crippen molar-refractivity contribution < 1.29 is 9.84 Å². The average molecular weight is 276 g/mol. The Labute approximate surface area is 117 Å². The fourth-order valence-electron chi connectivity index (χ4n) is 1.60. The molecule has 0 saturated heterocycles.